The van der Waals surface area contributed by atoms with Crippen LogP contribution in [0.25, 0.3) is 0 Å². The molecule has 0 radical (unpaired) electrons. The van der Waals surface area contributed by atoms with Gasteiger partial charge in [-0.15, -0.1) is 0 Å². The van der Waals surface area contributed by atoms with Crippen molar-refractivity contribution < 1.29 is 14.3 Å². The van der Waals surface area contributed by atoms with E-state index in [0.717, 1.165) is 45.8 Å². The van der Waals surface area contributed by atoms with E-state index in [9.17, 15) is 9.59 Å². The Hall–Kier alpha value is -1.92. The summed E-state index contributed by atoms with van der Waals surface area (Å²) in [5.41, 5.74) is 2.57. The van der Waals surface area contributed by atoms with Gasteiger partial charge in [0.2, 0.25) is 11.8 Å². The van der Waals surface area contributed by atoms with Gasteiger partial charge < -0.3 is 15.0 Å². The molecule has 4 rings (SSSR count). The summed E-state index contributed by atoms with van der Waals surface area (Å²) in [5, 5.41) is 3.00. The Bertz CT molecular complexity index is 672. The van der Waals surface area contributed by atoms with Gasteiger partial charge in [0.1, 0.15) is 0 Å². The van der Waals surface area contributed by atoms with Gasteiger partial charge in [0.05, 0.1) is 25.0 Å². The highest BCUT2D eigenvalue weighted by atomic mass is 16.5. The summed E-state index contributed by atoms with van der Waals surface area (Å²) in [6.07, 6.45) is 1.60. The summed E-state index contributed by atoms with van der Waals surface area (Å²) in [6.45, 7) is 6.33. The van der Waals surface area contributed by atoms with Crippen LogP contribution in [-0.4, -0.2) is 67.6 Å². The summed E-state index contributed by atoms with van der Waals surface area (Å²) < 4.78 is 5.32. The van der Waals surface area contributed by atoms with Gasteiger partial charge in [-0.2, -0.15) is 0 Å². The lowest BCUT2D eigenvalue weighted by molar-refractivity contribution is -0.135. The second-order valence-corrected chi connectivity index (χ2v) is 7.47. The van der Waals surface area contributed by atoms with Crippen molar-refractivity contribution in [2.24, 2.45) is 11.8 Å². The third-order valence-corrected chi connectivity index (χ3v) is 5.72. The molecule has 0 aromatic heterocycles. The van der Waals surface area contributed by atoms with E-state index in [1.807, 2.05) is 11.0 Å². The molecule has 1 aliphatic carbocycles. The number of fused-ring (bicyclic) bond motifs is 1. The van der Waals surface area contributed by atoms with Crippen LogP contribution in [0.15, 0.2) is 24.3 Å². The van der Waals surface area contributed by atoms with Gasteiger partial charge in [0.25, 0.3) is 0 Å². The molecule has 3 aliphatic rings. The Morgan fingerprint density at radius 2 is 1.85 bits per heavy atom. The zero-order valence-corrected chi connectivity index (χ0v) is 15.2. The monoisotopic (exact) mass is 357 g/mol. The lowest BCUT2D eigenvalue weighted by atomic mass is 9.99. The fraction of sp³-hybridized carbons (Fsp3) is 0.600. The Labute approximate surface area is 154 Å². The van der Waals surface area contributed by atoms with Gasteiger partial charge in [0.15, 0.2) is 0 Å². The first-order chi connectivity index (χ1) is 12.7. The minimum atomic E-state index is -0.135. The van der Waals surface area contributed by atoms with Crippen molar-refractivity contribution >= 4 is 11.8 Å². The van der Waals surface area contributed by atoms with Crippen LogP contribution in [0.3, 0.4) is 0 Å². The van der Waals surface area contributed by atoms with E-state index in [2.05, 4.69) is 28.4 Å². The molecule has 1 aromatic carbocycles. The molecular weight excluding hydrogens is 330 g/mol. The third kappa shape index (κ3) is 3.91. The number of hydrogen-bond donors (Lipinski definition) is 1. The lowest BCUT2D eigenvalue weighted by Gasteiger charge is -2.29. The first-order valence-electron chi connectivity index (χ1n) is 9.66. The fourth-order valence-corrected chi connectivity index (χ4v) is 3.97. The molecule has 1 saturated heterocycles. The number of nitrogens with one attached hydrogen (secondary N) is 1. The minimum absolute atomic E-state index is 0.0361. The van der Waals surface area contributed by atoms with E-state index in [4.69, 9.17) is 4.74 Å². The molecular formula is C20H27N3O3. The first kappa shape index (κ1) is 17.5. The van der Waals surface area contributed by atoms with Crippen LogP contribution in [0, 0.1) is 11.8 Å². The minimum Gasteiger partial charge on any atom is -0.379 e. The van der Waals surface area contributed by atoms with E-state index in [-0.39, 0.29) is 23.7 Å². The summed E-state index contributed by atoms with van der Waals surface area (Å²) in [6, 6.07) is 8.31. The SMILES string of the molecule is O=C(NCCN1CCOCC1)C1CC1C(=O)N1CCc2ccccc2C1. The molecule has 2 heterocycles. The number of nitrogens with zero attached hydrogens (tertiary/aromatic N) is 2. The molecule has 6 heteroatoms. The second kappa shape index (κ2) is 7.76. The van der Waals surface area contributed by atoms with Crippen molar-refractivity contribution in [3.8, 4) is 0 Å². The molecule has 0 bridgehead atoms. The van der Waals surface area contributed by atoms with Crippen LogP contribution < -0.4 is 5.32 Å². The number of morpholine rings is 1. The van der Waals surface area contributed by atoms with E-state index < -0.39 is 0 Å². The van der Waals surface area contributed by atoms with E-state index in [1.165, 1.54) is 11.1 Å². The molecule has 1 aromatic rings. The maximum absolute atomic E-state index is 12.7. The van der Waals surface area contributed by atoms with Crippen LogP contribution in [0.2, 0.25) is 0 Å². The Morgan fingerprint density at radius 3 is 2.65 bits per heavy atom. The number of carbonyl (C=O) groups is 2. The normalized spacial score (nSPS) is 25.5. The van der Waals surface area contributed by atoms with Gasteiger partial charge >= 0.3 is 0 Å². The second-order valence-electron chi connectivity index (χ2n) is 7.47. The van der Waals surface area contributed by atoms with Crippen molar-refractivity contribution in [1.29, 1.82) is 0 Å². The van der Waals surface area contributed by atoms with Gasteiger partial charge in [-0.25, -0.2) is 0 Å². The molecule has 2 amide bonds. The average molecular weight is 357 g/mol. The highest BCUT2D eigenvalue weighted by Crippen LogP contribution is 2.40. The molecule has 2 fully saturated rings. The van der Waals surface area contributed by atoms with Crippen molar-refractivity contribution in [3.63, 3.8) is 0 Å². The zero-order valence-electron chi connectivity index (χ0n) is 15.2. The van der Waals surface area contributed by atoms with Crippen molar-refractivity contribution in [2.45, 2.75) is 19.4 Å². The molecule has 2 unspecified atom stereocenters. The number of carbonyl (C=O) groups excluding carboxylic acids is 2. The van der Waals surface area contributed by atoms with Crippen LogP contribution in [-0.2, 0) is 27.3 Å². The molecule has 2 aliphatic heterocycles. The molecule has 6 nitrogen and oxygen atoms in total. The molecule has 1 saturated carbocycles. The molecule has 1 N–H and O–H groups in total. The fourth-order valence-electron chi connectivity index (χ4n) is 3.97. The van der Waals surface area contributed by atoms with Gasteiger partial charge in [-0.3, -0.25) is 14.5 Å². The Balaban J connectivity index is 1.22. The van der Waals surface area contributed by atoms with Gasteiger partial charge in [-0.1, -0.05) is 24.3 Å². The van der Waals surface area contributed by atoms with Crippen molar-refractivity contribution in [2.75, 3.05) is 45.9 Å². The lowest BCUT2D eigenvalue weighted by Crippen LogP contribution is -2.42. The van der Waals surface area contributed by atoms with Crippen LogP contribution in [0.5, 0.6) is 0 Å². The topological polar surface area (TPSA) is 61.9 Å². The quantitative estimate of drug-likeness (QED) is 0.841. The number of hydrogen-bond acceptors (Lipinski definition) is 4. The van der Waals surface area contributed by atoms with E-state index in [0.29, 0.717) is 19.5 Å². The maximum atomic E-state index is 12.7. The molecule has 0 spiro atoms. The summed E-state index contributed by atoms with van der Waals surface area (Å²) in [4.78, 5) is 29.3. The van der Waals surface area contributed by atoms with E-state index in [1.54, 1.807) is 0 Å². The zero-order chi connectivity index (χ0) is 17.9. The van der Waals surface area contributed by atoms with Crippen LogP contribution in [0.4, 0.5) is 0 Å². The van der Waals surface area contributed by atoms with Gasteiger partial charge in [-0.05, 0) is 24.0 Å². The Kier molecular flexibility index (Phi) is 5.22. The summed E-state index contributed by atoms with van der Waals surface area (Å²) in [7, 11) is 0. The average Bonchev–Trinajstić information content (AvgIpc) is 3.49. The highest BCUT2D eigenvalue weighted by Gasteiger charge is 2.49. The van der Waals surface area contributed by atoms with Crippen LogP contribution in [0.1, 0.15) is 17.5 Å². The smallest absolute Gasteiger partial charge is 0.226 e. The van der Waals surface area contributed by atoms with Crippen molar-refractivity contribution in [3.05, 3.63) is 35.4 Å². The summed E-state index contributed by atoms with van der Waals surface area (Å²) in [5.74, 6) is -0.0742. The highest BCUT2D eigenvalue weighted by molar-refractivity contribution is 5.92. The number of amides is 2. The van der Waals surface area contributed by atoms with Crippen molar-refractivity contribution in [1.82, 2.24) is 15.1 Å². The van der Waals surface area contributed by atoms with Crippen LogP contribution >= 0.6 is 0 Å². The third-order valence-electron chi connectivity index (χ3n) is 5.72. The first-order valence-corrected chi connectivity index (χ1v) is 9.66. The maximum Gasteiger partial charge on any atom is 0.226 e. The predicted molar refractivity (Wildman–Crippen MR) is 97.4 cm³/mol. The standard InChI is InChI=1S/C20H27N3O3/c24-19(21-6-8-22-9-11-26-12-10-22)17-13-18(17)20(25)23-7-5-15-3-1-2-4-16(15)14-23/h1-4,17-18H,5-14H2,(H,21,24). The molecule has 140 valence electrons. The largest absolute Gasteiger partial charge is 0.379 e. The van der Waals surface area contributed by atoms with Gasteiger partial charge in [0, 0.05) is 39.3 Å². The molecule has 26 heavy (non-hydrogen) atoms. The predicted octanol–water partition coefficient (Wildman–Crippen LogP) is 0.656. The number of ether oxygens (including phenoxy) is 1. The van der Waals surface area contributed by atoms with E-state index >= 15 is 0 Å². The Morgan fingerprint density at radius 1 is 1.08 bits per heavy atom. The number of benzene rings is 1. The molecule has 2 atom stereocenters. The summed E-state index contributed by atoms with van der Waals surface area (Å²) >= 11 is 0. The number of rotatable bonds is 5.